The Morgan fingerprint density at radius 2 is 1.67 bits per heavy atom. The van der Waals surface area contributed by atoms with Crippen molar-refractivity contribution < 1.29 is 131 Å². The molecule has 0 saturated carbocycles. The molecule has 3 nitrogen and oxygen atoms in total. The van der Waals surface area contributed by atoms with Crippen molar-refractivity contribution in [1.82, 2.24) is 0 Å². The van der Waals surface area contributed by atoms with Crippen LogP contribution in [0.3, 0.4) is 0 Å². The molecule has 0 fully saturated rings. The Hall–Kier alpha value is 3.01. The molecule has 12 heavy (non-hydrogen) atoms. The molecule has 0 radical (unpaired) electrons. The van der Waals surface area contributed by atoms with E-state index < -0.39 is 25.7 Å². The molecule has 0 heterocycles. The quantitative estimate of drug-likeness (QED) is 0.493. The van der Waals surface area contributed by atoms with Gasteiger partial charge in [-0.2, -0.15) is 8.78 Å². The summed E-state index contributed by atoms with van der Waals surface area (Å²) in [6, 6.07) is 0. The second-order valence-corrected chi connectivity index (χ2v) is 1.75. The van der Waals surface area contributed by atoms with Crippen LogP contribution in [0.25, 0.3) is 0 Å². The second kappa shape index (κ2) is 9.25. The van der Waals surface area contributed by atoms with E-state index in [4.69, 9.17) is 5.11 Å². The van der Waals surface area contributed by atoms with Gasteiger partial charge in [0.05, 0.1) is 6.42 Å². The third-order valence-electron chi connectivity index (χ3n) is 0.736. The molecule has 0 spiro atoms. The molecule has 0 aromatic heterocycles. The van der Waals surface area contributed by atoms with Gasteiger partial charge >= 0.3 is 109 Å². The smallest absolute Gasteiger partial charge is 0.891 e. The Bertz CT molecular complexity index is 111. The predicted molar refractivity (Wildman–Crippen MR) is 22.4 cm³/mol. The van der Waals surface area contributed by atoms with Gasteiger partial charge in [-0.25, -0.2) is 0 Å². The summed E-state index contributed by atoms with van der Waals surface area (Å²) in [6.07, 6.45) is -8.75. The van der Waals surface area contributed by atoms with Gasteiger partial charge in [-0.3, -0.25) is 4.39 Å². The van der Waals surface area contributed by atoms with Crippen LogP contribution in [-0.4, -0.2) is 24.4 Å². The maximum Gasteiger partial charge on any atom is 1.00 e. The average Bonchev–Trinajstić information content (AvgIpc) is 1.60. The van der Waals surface area contributed by atoms with Crippen molar-refractivity contribution >= 4 is 7.12 Å². The van der Waals surface area contributed by atoms with Crippen molar-refractivity contribution in [3.05, 3.63) is 0 Å². The molecule has 1 N–H and O–H groups in total. The van der Waals surface area contributed by atoms with Crippen LogP contribution in [0.4, 0.5) is 13.2 Å². The van der Waals surface area contributed by atoms with Crippen LogP contribution in [0.15, 0.2) is 0 Å². The third kappa shape index (κ3) is 13.0. The Balaban J connectivity index is -0.000000405. The van der Waals surface area contributed by atoms with Gasteiger partial charge < -0.3 is 15.2 Å². The Morgan fingerprint density at radius 3 is 1.75 bits per heavy atom. The van der Waals surface area contributed by atoms with E-state index in [2.05, 4.69) is 0 Å². The normalized spacial score (nSPS) is 12.5. The van der Waals surface area contributed by atoms with E-state index in [9.17, 15) is 23.2 Å². The van der Waals surface area contributed by atoms with Crippen LogP contribution in [-0.2, 0) is 0 Å². The van der Waals surface area contributed by atoms with Crippen LogP contribution in [0.5, 0.6) is 0 Å². The van der Waals surface area contributed by atoms with Crippen LogP contribution >= 0.6 is 0 Å². The first-order chi connectivity index (χ1) is 4.33. The van der Waals surface area contributed by atoms with E-state index in [1.54, 1.807) is 0 Å². The first kappa shape index (κ1) is 20.4. The van der Waals surface area contributed by atoms with Crippen LogP contribution < -0.4 is 113 Å². The maximum absolute atomic E-state index is 11.8. The van der Waals surface area contributed by atoms with Crippen molar-refractivity contribution in [3.63, 3.8) is 0 Å². The van der Waals surface area contributed by atoms with Crippen molar-refractivity contribution in [1.29, 1.82) is 0 Å². The summed E-state index contributed by atoms with van der Waals surface area (Å²) in [7, 11) is -2.97. The van der Waals surface area contributed by atoms with Gasteiger partial charge in [-0.05, 0) is 0 Å². The van der Waals surface area contributed by atoms with Crippen molar-refractivity contribution in [2.75, 3.05) is 0 Å². The number of hydrogen-bond donors (Lipinski definition) is 1. The number of rotatable bonds is 3. The van der Waals surface area contributed by atoms with E-state index in [1.807, 2.05) is 0 Å². The third-order valence-corrected chi connectivity index (χ3v) is 0.736. The Morgan fingerprint density at radius 1 is 1.33 bits per heavy atom. The number of aliphatic hydroxyl groups is 1. The first-order valence-electron chi connectivity index (χ1n) is 2.39. The molecule has 0 aliphatic rings. The molecule has 0 saturated heterocycles. The second-order valence-electron chi connectivity index (χ2n) is 1.75. The minimum atomic E-state index is -4.27. The number of alkyl halides is 3. The fraction of sp³-hybridized carbons (Fsp3) is 1.00. The zero-order chi connectivity index (χ0) is 8.36. The predicted octanol–water partition coefficient (Wildman–Crippen LogP) is -7.94. The molecule has 0 rings (SSSR count). The monoisotopic (exact) mass is 234 g/mol. The van der Waals surface area contributed by atoms with Gasteiger partial charge in [0.2, 0.25) is 0 Å². The molecular weight excluding hydrogens is 230 g/mol. The molecule has 9 heteroatoms. The number of halogens is 3. The van der Waals surface area contributed by atoms with Gasteiger partial charge in [-0.15, -0.1) is 0 Å². The summed E-state index contributed by atoms with van der Waals surface area (Å²) in [4.78, 5) is 0. The van der Waals surface area contributed by atoms with Crippen molar-refractivity contribution in [2.45, 2.75) is 18.6 Å². The molecule has 0 aromatic carbocycles. The first-order valence-corrected chi connectivity index (χ1v) is 2.39. The maximum atomic E-state index is 11.8. The summed E-state index contributed by atoms with van der Waals surface area (Å²) in [5, 5.41) is 26.6. The van der Waals surface area contributed by atoms with Crippen LogP contribution in [0.2, 0.25) is 0 Å². The summed E-state index contributed by atoms with van der Waals surface area (Å²) >= 11 is 0. The van der Waals surface area contributed by atoms with Gasteiger partial charge in [0.15, 0.2) is 0 Å². The molecule has 0 aliphatic carbocycles. The minimum absolute atomic E-state index is 0. The topological polar surface area (TPSA) is 66.3 Å². The Kier molecular flexibility index (Phi) is 15.7. The standard InChI is InChI=1S/C3H4BF3O3.2K/c5-2(4(9)10)1-3(6,7)8;;/h2,8H,1H2;;/q-2;2*+1. The molecule has 0 aliphatic heterocycles. The zero-order valence-electron chi connectivity index (χ0n) is 6.76. The fourth-order valence-corrected chi connectivity index (χ4v) is 0.331. The van der Waals surface area contributed by atoms with Gasteiger partial charge in [0.1, 0.15) is 0 Å². The van der Waals surface area contributed by atoms with Gasteiger partial charge in [0, 0.05) is 6.07 Å². The van der Waals surface area contributed by atoms with E-state index in [1.165, 1.54) is 0 Å². The van der Waals surface area contributed by atoms with E-state index in [-0.39, 0.29) is 103 Å². The van der Waals surface area contributed by atoms with Crippen LogP contribution in [0.1, 0.15) is 6.42 Å². The van der Waals surface area contributed by atoms with Crippen molar-refractivity contribution in [3.8, 4) is 0 Å². The molecule has 1 atom stereocenters. The molecule has 1 unspecified atom stereocenters. The summed E-state index contributed by atoms with van der Waals surface area (Å²) in [5.74, 6) is 0. The van der Waals surface area contributed by atoms with Crippen LogP contribution in [0, 0.1) is 0 Å². The minimum Gasteiger partial charge on any atom is -0.891 e. The molecule has 0 aromatic rings. The zero-order valence-corrected chi connectivity index (χ0v) is 13.0. The molecule has 60 valence electrons. The fourth-order valence-electron chi connectivity index (χ4n) is 0.331. The average molecular weight is 234 g/mol. The van der Waals surface area contributed by atoms with Gasteiger partial charge in [0.25, 0.3) is 0 Å². The Labute approximate surface area is 153 Å². The van der Waals surface area contributed by atoms with E-state index in [0.29, 0.717) is 0 Å². The van der Waals surface area contributed by atoms with E-state index in [0.717, 1.165) is 0 Å². The van der Waals surface area contributed by atoms with E-state index >= 15 is 0 Å². The summed E-state index contributed by atoms with van der Waals surface area (Å²) in [5.41, 5.74) is 0. The molecule has 0 bridgehead atoms. The summed E-state index contributed by atoms with van der Waals surface area (Å²) in [6.45, 7) is 0. The SMILES string of the molecule is [K+].[K+].[O-]B([O-])C(F)CC(O)(F)F. The largest absolute Gasteiger partial charge is 1.00 e. The molecule has 0 amide bonds. The van der Waals surface area contributed by atoms with Crippen molar-refractivity contribution in [2.24, 2.45) is 0 Å². The number of hydrogen-bond acceptors (Lipinski definition) is 3. The molecular formula is C3H4BF3K2O3. The van der Waals surface area contributed by atoms with Gasteiger partial charge in [-0.1, -0.05) is 7.12 Å². The summed E-state index contributed by atoms with van der Waals surface area (Å²) < 4.78 is 34.5.